The minimum absolute atomic E-state index is 0.309. The van der Waals surface area contributed by atoms with Gasteiger partial charge in [-0.15, -0.1) is 0 Å². The van der Waals surface area contributed by atoms with Crippen LogP contribution >= 0.6 is 0 Å². The molecular formula is C14H18O. The lowest BCUT2D eigenvalue weighted by molar-refractivity contribution is -0.0660. The Bertz CT molecular complexity index is 330. The summed E-state index contributed by atoms with van der Waals surface area (Å²) in [6.07, 6.45) is 6.53. The second-order valence-electron chi connectivity index (χ2n) is 5.37. The molecule has 0 amide bonds. The zero-order valence-electron chi connectivity index (χ0n) is 9.08. The van der Waals surface area contributed by atoms with Gasteiger partial charge in [0, 0.05) is 0 Å². The van der Waals surface area contributed by atoms with E-state index in [9.17, 15) is 5.11 Å². The first-order valence-electron chi connectivity index (χ1n) is 6.01. The van der Waals surface area contributed by atoms with Crippen LogP contribution in [0.25, 0.3) is 0 Å². The van der Waals surface area contributed by atoms with Crippen LogP contribution in [-0.2, 0) is 5.41 Å². The van der Waals surface area contributed by atoms with E-state index < -0.39 is 0 Å². The van der Waals surface area contributed by atoms with Crippen LogP contribution in [-0.4, -0.2) is 10.7 Å². The normalized spacial score (nSPS) is 39.3. The summed E-state index contributed by atoms with van der Waals surface area (Å²) in [5.41, 5.74) is 1.58. The zero-order chi connectivity index (χ0) is 10.4. The van der Waals surface area contributed by atoms with Gasteiger partial charge in [-0.05, 0) is 49.5 Å². The SMILES string of the molecule is OC12CCC(c3ccccc3)(CC1)CC2. The largest absolute Gasteiger partial charge is 0.390 e. The highest BCUT2D eigenvalue weighted by Crippen LogP contribution is 2.53. The summed E-state index contributed by atoms with van der Waals surface area (Å²) < 4.78 is 0. The molecule has 1 nitrogen and oxygen atoms in total. The molecule has 0 saturated heterocycles. The fraction of sp³-hybridized carbons (Fsp3) is 0.571. The van der Waals surface area contributed by atoms with E-state index in [0.29, 0.717) is 5.41 Å². The zero-order valence-corrected chi connectivity index (χ0v) is 9.08. The fourth-order valence-corrected chi connectivity index (χ4v) is 3.39. The molecular weight excluding hydrogens is 184 g/mol. The number of fused-ring (bicyclic) bond motifs is 3. The highest BCUT2D eigenvalue weighted by Gasteiger charge is 2.48. The Hall–Kier alpha value is -0.820. The van der Waals surface area contributed by atoms with Gasteiger partial charge in [0.25, 0.3) is 0 Å². The maximum absolute atomic E-state index is 10.2. The van der Waals surface area contributed by atoms with Crippen LogP contribution < -0.4 is 0 Å². The van der Waals surface area contributed by atoms with Crippen LogP contribution in [0.4, 0.5) is 0 Å². The van der Waals surface area contributed by atoms with Crippen LogP contribution in [0.15, 0.2) is 30.3 Å². The number of rotatable bonds is 1. The lowest BCUT2D eigenvalue weighted by Crippen LogP contribution is -2.48. The standard InChI is InChI=1S/C14H18O/c15-14-9-6-13(7-10-14,8-11-14)12-4-2-1-3-5-12/h1-5,15H,6-11H2. The van der Waals surface area contributed by atoms with Crippen molar-refractivity contribution in [2.24, 2.45) is 0 Å². The van der Waals surface area contributed by atoms with E-state index in [0.717, 1.165) is 19.3 Å². The number of aliphatic hydroxyl groups is 1. The van der Waals surface area contributed by atoms with Crippen molar-refractivity contribution >= 4 is 0 Å². The maximum atomic E-state index is 10.2. The van der Waals surface area contributed by atoms with Crippen molar-refractivity contribution in [3.05, 3.63) is 35.9 Å². The molecule has 1 aromatic carbocycles. The summed E-state index contributed by atoms with van der Waals surface area (Å²) in [5.74, 6) is 0. The third-order valence-corrected chi connectivity index (χ3v) is 4.59. The van der Waals surface area contributed by atoms with E-state index >= 15 is 0 Å². The highest BCUT2D eigenvalue weighted by atomic mass is 16.3. The molecule has 3 aliphatic rings. The molecule has 80 valence electrons. The molecule has 0 aliphatic heterocycles. The lowest BCUT2D eigenvalue weighted by atomic mass is 9.56. The van der Waals surface area contributed by atoms with Gasteiger partial charge in [-0.1, -0.05) is 30.3 Å². The Morgan fingerprint density at radius 3 is 1.87 bits per heavy atom. The molecule has 1 N–H and O–H groups in total. The van der Waals surface area contributed by atoms with Gasteiger partial charge >= 0.3 is 0 Å². The quantitative estimate of drug-likeness (QED) is 0.742. The minimum atomic E-state index is -0.309. The number of benzene rings is 1. The third-order valence-electron chi connectivity index (χ3n) is 4.59. The van der Waals surface area contributed by atoms with Crippen molar-refractivity contribution in [3.8, 4) is 0 Å². The summed E-state index contributed by atoms with van der Waals surface area (Å²) in [6.45, 7) is 0. The smallest absolute Gasteiger partial charge is 0.0648 e. The summed E-state index contributed by atoms with van der Waals surface area (Å²) in [4.78, 5) is 0. The van der Waals surface area contributed by atoms with Gasteiger partial charge in [0.1, 0.15) is 0 Å². The molecule has 3 fully saturated rings. The van der Waals surface area contributed by atoms with Gasteiger partial charge in [-0.25, -0.2) is 0 Å². The van der Waals surface area contributed by atoms with Crippen molar-refractivity contribution in [2.45, 2.75) is 49.5 Å². The van der Waals surface area contributed by atoms with Crippen molar-refractivity contribution in [1.29, 1.82) is 0 Å². The van der Waals surface area contributed by atoms with Gasteiger partial charge in [-0.2, -0.15) is 0 Å². The monoisotopic (exact) mass is 202 g/mol. The topological polar surface area (TPSA) is 20.2 Å². The molecule has 0 spiro atoms. The van der Waals surface area contributed by atoms with Gasteiger partial charge < -0.3 is 5.11 Å². The first-order chi connectivity index (χ1) is 7.23. The Labute approximate surface area is 91.1 Å². The molecule has 1 heteroatoms. The highest BCUT2D eigenvalue weighted by molar-refractivity contribution is 5.28. The van der Waals surface area contributed by atoms with Gasteiger partial charge in [0.2, 0.25) is 0 Å². The van der Waals surface area contributed by atoms with Crippen molar-refractivity contribution in [3.63, 3.8) is 0 Å². The Morgan fingerprint density at radius 2 is 1.33 bits per heavy atom. The van der Waals surface area contributed by atoms with E-state index in [1.165, 1.54) is 24.8 Å². The van der Waals surface area contributed by atoms with E-state index in [1.54, 1.807) is 0 Å². The molecule has 2 bridgehead atoms. The first-order valence-corrected chi connectivity index (χ1v) is 6.01. The van der Waals surface area contributed by atoms with Crippen molar-refractivity contribution in [2.75, 3.05) is 0 Å². The van der Waals surface area contributed by atoms with E-state index in [1.807, 2.05) is 0 Å². The summed E-state index contributed by atoms with van der Waals surface area (Å²) >= 11 is 0. The number of hydrogen-bond donors (Lipinski definition) is 1. The van der Waals surface area contributed by atoms with Gasteiger partial charge in [-0.3, -0.25) is 0 Å². The Morgan fingerprint density at radius 1 is 0.800 bits per heavy atom. The van der Waals surface area contributed by atoms with E-state index in [-0.39, 0.29) is 5.60 Å². The molecule has 0 atom stereocenters. The summed E-state index contributed by atoms with van der Waals surface area (Å²) in [7, 11) is 0. The van der Waals surface area contributed by atoms with Gasteiger partial charge in [0.15, 0.2) is 0 Å². The predicted molar refractivity (Wildman–Crippen MR) is 60.8 cm³/mol. The average Bonchev–Trinajstić information content (AvgIpc) is 2.32. The van der Waals surface area contributed by atoms with Crippen molar-refractivity contribution in [1.82, 2.24) is 0 Å². The molecule has 1 aromatic rings. The van der Waals surface area contributed by atoms with E-state index in [4.69, 9.17) is 0 Å². The van der Waals surface area contributed by atoms with E-state index in [2.05, 4.69) is 30.3 Å². The Kier molecular flexibility index (Phi) is 1.93. The summed E-state index contributed by atoms with van der Waals surface area (Å²) in [5, 5.41) is 10.2. The maximum Gasteiger partial charge on any atom is 0.0648 e. The first kappa shape index (κ1) is 9.41. The molecule has 15 heavy (non-hydrogen) atoms. The second kappa shape index (κ2) is 3.08. The third kappa shape index (κ3) is 1.41. The molecule has 3 saturated carbocycles. The van der Waals surface area contributed by atoms with Crippen LogP contribution in [0.1, 0.15) is 44.1 Å². The molecule has 0 heterocycles. The predicted octanol–water partition coefficient (Wildman–Crippen LogP) is 3.02. The number of hydrogen-bond acceptors (Lipinski definition) is 1. The molecule has 0 radical (unpaired) electrons. The lowest BCUT2D eigenvalue weighted by Gasteiger charge is -2.51. The molecule has 0 unspecified atom stereocenters. The Balaban J connectivity index is 1.94. The molecule has 0 aromatic heterocycles. The second-order valence-corrected chi connectivity index (χ2v) is 5.37. The van der Waals surface area contributed by atoms with Crippen LogP contribution in [0, 0.1) is 0 Å². The van der Waals surface area contributed by atoms with Crippen molar-refractivity contribution < 1.29 is 5.11 Å². The average molecular weight is 202 g/mol. The van der Waals surface area contributed by atoms with Crippen LogP contribution in [0.5, 0.6) is 0 Å². The molecule has 4 rings (SSSR count). The van der Waals surface area contributed by atoms with Crippen LogP contribution in [0.3, 0.4) is 0 Å². The molecule has 3 aliphatic carbocycles. The van der Waals surface area contributed by atoms with Gasteiger partial charge in [0.05, 0.1) is 5.60 Å². The van der Waals surface area contributed by atoms with Crippen LogP contribution in [0.2, 0.25) is 0 Å². The minimum Gasteiger partial charge on any atom is -0.390 e. The summed E-state index contributed by atoms with van der Waals surface area (Å²) in [6, 6.07) is 10.9. The fourth-order valence-electron chi connectivity index (χ4n) is 3.39.